The summed E-state index contributed by atoms with van der Waals surface area (Å²) in [5, 5.41) is 8.62. The average molecular weight is 572 g/mol. The van der Waals surface area contributed by atoms with Gasteiger partial charge in [-0.25, -0.2) is 9.48 Å². The number of carbonyl (C=O) groups excluding carboxylic acids is 1. The first-order chi connectivity index (χ1) is 19.8. The number of aryl methyl sites for hydroxylation is 2. The van der Waals surface area contributed by atoms with E-state index in [0.29, 0.717) is 10.7 Å². The minimum atomic E-state index is -0.581. The monoisotopic (exact) mass is 571 g/mol. The van der Waals surface area contributed by atoms with Crippen molar-refractivity contribution in [1.82, 2.24) is 14.7 Å². The Hall–Kier alpha value is -3.81. The summed E-state index contributed by atoms with van der Waals surface area (Å²) in [6, 6.07) is 19.6. The van der Waals surface area contributed by atoms with Crippen LogP contribution >= 0.6 is 11.6 Å². The molecular formula is C33H38ClN5O2. The van der Waals surface area contributed by atoms with E-state index in [1.807, 2.05) is 56.3 Å². The van der Waals surface area contributed by atoms with Crippen LogP contribution in [-0.2, 0) is 32.4 Å². The molecule has 0 radical (unpaired) electrons. The number of rotatable bonds is 9. The van der Waals surface area contributed by atoms with Crippen molar-refractivity contribution < 1.29 is 9.53 Å². The van der Waals surface area contributed by atoms with E-state index in [9.17, 15) is 4.79 Å². The number of hydrogen-bond donors (Lipinski definition) is 2. The van der Waals surface area contributed by atoms with Gasteiger partial charge in [-0.1, -0.05) is 55.8 Å². The van der Waals surface area contributed by atoms with Crippen molar-refractivity contribution in [3.05, 3.63) is 93.6 Å². The van der Waals surface area contributed by atoms with Crippen molar-refractivity contribution in [3.8, 4) is 22.7 Å². The lowest BCUT2D eigenvalue weighted by Crippen LogP contribution is -2.30. The molecule has 2 heterocycles. The molecule has 2 amide bonds. The number of aromatic nitrogens is 2. The molecule has 3 aromatic carbocycles. The molecule has 1 aliphatic heterocycles. The third kappa shape index (κ3) is 6.26. The van der Waals surface area contributed by atoms with Crippen LogP contribution in [0.15, 0.2) is 60.7 Å². The third-order valence-electron chi connectivity index (χ3n) is 7.50. The maximum Gasteiger partial charge on any atom is 0.316 e. The van der Waals surface area contributed by atoms with E-state index in [1.54, 1.807) is 0 Å². The highest BCUT2D eigenvalue weighted by atomic mass is 35.5. The van der Waals surface area contributed by atoms with Gasteiger partial charge < -0.3 is 15.8 Å². The molecule has 0 bridgehead atoms. The number of nitrogens with two attached hydrogens (primary N) is 1. The summed E-state index contributed by atoms with van der Waals surface area (Å²) in [7, 11) is 0. The number of urea groups is 1. The van der Waals surface area contributed by atoms with Crippen LogP contribution in [0.2, 0.25) is 5.02 Å². The number of hydrogen-bond acceptors (Lipinski definition) is 4. The van der Waals surface area contributed by atoms with E-state index in [-0.39, 0.29) is 6.10 Å². The Labute approximate surface area is 247 Å². The van der Waals surface area contributed by atoms with E-state index < -0.39 is 6.03 Å². The molecule has 7 nitrogen and oxygen atoms in total. The Morgan fingerprint density at radius 1 is 1.05 bits per heavy atom. The zero-order valence-electron chi connectivity index (χ0n) is 24.2. The molecular weight excluding hydrogens is 534 g/mol. The molecule has 0 saturated heterocycles. The zero-order valence-corrected chi connectivity index (χ0v) is 25.0. The van der Waals surface area contributed by atoms with Gasteiger partial charge in [-0.2, -0.15) is 5.10 Å². The fraction of sp³-hybridized carbons (Fsp3) is 0.333. The molecule has 5 rings (SSSR count). The van der Waals surface area contributed by atoms with Crippen molar-refractivity contribution in [2.45, 2.75) is 66.2 Å². The molecule has 0 spiro atoms. The van der Waals surface area contributed by atoms with E-state index in [4.69, 9.17) is 27.2 Å². The van der Waals surface area contributed by atoms with Crippen LogP contribution in [0.3, 0.4) is 0 Å². The number of amides is 2. The largest absolute Gasteiger partial charge is 0.491 e. The van der Waals surface area contributed by atoms with Crippen LogP contribution in [0.4, 0.5) is 10.5 Å². The standard InChI is InChI=1S/C33H38ClN5O2/c1-5-22-8-7-9-23(6-2)31(22)39-32(24-10-13-27(14-11-24)36-33(35)40)28-20-38(17-16-29(28)37-39)19-25-18-26(34)12-15-30(25)41-21(3)4/h7-15,18,21H,5-6,16-17,19-20H2,1-4H3,(H3,35,36,40). The van der Waals surface area contributed by atoms with Gasteiger partial charge in [0.05, 0.1) is 23.2 Å². The average Bonchev–Trinajstić information content (AvgIpc) is 3.32. The fourth-order valence-electron chi connectivity index (χ4n) is 5.64. The van der Waals surface area contributed by atoms with Crippen LogP contribution in [0, 0.1) is 0 Å². The lowest BCUT2D eigenvalue weighted by Gasteiger charge is -2.28. The summed E-state index contributed by atoms with van der Waals surface area (Å²) >= 11 is 6.41. The minimum Gasteiger partial charge on any atom is -0.491 e. The first-order valence-electron chi connectivity index (χ1n) is 14.3. The second-order valence-corrected chi connectivity index (χ2v) is 11.2. The molecule has 3 N–H and O–H groups in total. The summed E-state index contributed by atoms with van der Waals surface area (Å²) in [6.45, 7) is 10.8. The van der Waals surface area contributed by atoms with Gasteiger partial charge in [-0.3, -0.25) is 4.90 Å². The van der Waals surface area contributed by atoms with Crippen molar-refractivity contribution in [2.24, 2.45) is 5.73 Å². The highest BCUT2D eigenvalue weighted by molar-refractivity contribution is 6.30. The molecule has 0 saturated carbocycles. The van der Waals surface area contributed by atoms with Crippen molar-refractivity contribution >= 4 is 23.3 Å². The minimum absolute atomic E-state index is 0.0751. The van der Waals surface area contributed by atoms with E-state index in [1.165, 1.54) is 16.7 Å². The molecule has 1 aromatic heterocycles. The van der Waals surface area contributed by atoms with Crippen LogP contribution in [0.1, 0.15) is 55.6 Å². The van der Waals surface area contributed by atoms with Gasteiger partial charge in [0.1, 0.15) is 5.75 Å². The highest BCUT2D eigenvalue weighted by Crippen LogP contribution is 2.36. The molecule has 0 aliphatic carbocycles. The van der Waals surface area contributed by atoms with Crippen LogP contribution in [0.5, 0.6) is 5.75 Å². The summed E-state index contributed by atoms with van der Waals surface area (Å²) in [5.74, 6) is 0.869. The molecule has 214 valence electrons. The van der Waals surface area contributed by atoms with Crippen molar-refractivity contribution in [2.75, 3.05) is 11.9 Å². The second kappa shape index (κ2) is 12.4. The van der Waals surface area contributed by atoms with Gasteiger partial charge >= 0.3 is 6.03 Å². The molecule has 0 atom stereocenters. The predicted octanol–water partition coefficient (Wildman–Crippen LogP) is 7.15. The number of para-hydroxylation sites is 1. The van der Waals surface area contributed by atoms with Gasteiger partial charge in [-0.15, -0.1) is 0 Å². The summed E-state index contributed by atoms with van der Waals surface area (Å²) in [6.07, 6.45) is 2.74. The summed E-state index contributed by atoms with van der Waals surface area (Å²) in [4.78, 5) is 13.9. The van der Waals surface area contributed by atoms with Gasteiger partial charge in [0.25, 0.3) is 0 Å². The Morgan fingerprint density at radius 2 is 1.76 bits per heavy atom. The van der Waals surface area contributed by atoms with Crippen LogP contribution in [-0.4, -0.2) is 33.4 Å². The second-order valence-electron chi connectivity index (χ2n) is 10.8. The third-order valence-corrected chi connectivity index (χ3v) is 7.73. The molecule has 1 aliphatic rings. The van der Waals surface area contributed by atoms with Crippen LogP contribution in [0.25, 0.3) is 16.9 Å². The van der Waals surface area contributed by atoms with Gasteiger partial charge in [0.15, 0.2) is 0 Å². The first kappa shape index (κ1) is 28.7. The number of nitrogens with zero attached hydrogens (tertiary/aromatic N) is 3. The maximum absolute atomic E-state index is 11.4. The number of ether oxygens (including phenoxy) is 1. The fourth-order valence-corrected chi connectivity index (χ4v) is 5.84. The number of fused-ring (bicyclic) bond motifs is 1. The quantitative estimate of drug-likeness (QED) is 0.223. The summed E-state index contributed by atoms with van der Waals surface area (Å²) < 4.78 is 8.28. The molecule has 0 unspecified atom stereocenters. The van der Waals surface area contributed by atoms with Crippen molar-refractivity contribution in [1.29, 1.82) is 0 Å². The lowest BCUT2D eigenvalue weighted by atomic mass is 9.98. The number of primary amides is 1. The Morgan fingerprint density at radius 3 is 2.39 bits per heavy atom. The molecule has 4 aromatic rings. The highest BCUT2D eigenvalue weighted by Gasteiger charge is 2.28. The number of carbonyl (C=O) groups is 1. The van der Waals surface area contributed by atoms with E-state index in [2.05, 4.69) is 46.9 Å². The smallest absolute Gasteiger partial charge is 0.316 e. The molecule has 8 heteroatoms. The summed E-state index contributed by atoms with van der Waals surface area (Å²) in [5.41, 5.74) is 15.2. The van der Waals surface area contributed by atoms with Crippen LogP contribution < -0.4 is 15.8 Å². The van der Waals surface area contributed by atoms with Gasteiger partial charge in [0, 0.05) is 53.5 Å². The number of benzene rings is 3. The maximum atomic E-state index is 11.4. The van der Waals surface area contributed by atoms with Gasteiger partial charge in [-0.05, 0) is 68.1 Å². The lowest BCUT2D eigenvalue weighted by molar-refractivity contribution is 0.219. The van der Waals surface area contributed by atoms with Gasteiger partial charge in [0.2, 0.25) is 0 Å². The Bertz CT molecular complexity index is 1520. The predicted molar refractivity (Wildman–Crippen MR) is 166 cm³/mol. The zero-order chi connectivity index (χ0) is 29.1. The first-order valence-corrected chi connectivity index (χ1v) is 14.7. The Kier molecular flexibility index (Phi) is 8.66. The molecule has 0 fully saturated rings. The SMILES string of the molecule is CCc1cccc(CC)c1-n1nc2c(c1-c1ccc(NC(N)=O)cc1)CN(Cc1cc(Cl)ccc1OC(C)C)CC2. The molecule has 41 heavy (non-hydrogen) atoms. The number of nitrogens with one attached hydrogen (secondary N) is 1. The topological polar surface area (TPSA) is 85.4 Å². The van der Waals surface area contributed by atoms with E-state index >= 15 is 0 Å². The van der Waals surface area contributed by atoms with E-state index in [0.717, 1.165) is 72.8 Å². The number of anilines is 1. The number of halogens is 1. The Balaban J connectivity index is 1.59. The normalized spacial score (nSPS) is 13.3. The van der Waals surface area contributed by atoms with Crippen molar-refractivity contribution in [3.63, 3.8) is 0 Å².